The maximum Gasteiger partial charge on any atom is 0.310 e. The summed E-state index contributed by atoms with van der Waals surface area (Å²) in [6, 6.07) is 4.61. The van der Waals surface area contributed by atoms with Gasteiger partial charge in [-0.15, -0.1) is 0 Å². The smallest absolute Gasteiger partial charge is 0.310 e. The highest BCUT2D eigenvalue weighted by Gasteiger charge is 2.16. The maximum atomic E-state index is 11.2. The number of rotatable bonds is 3. The summed E-state index contributed by atoms with van der Waals surface area (Å²) in [6.45, 7) is 1.68. The molecule has 0 aliphatic carbocycles. The first-order chi connectivity index (χ1) is 8.13. The van der Waals surface area contributed by atoms with E-state index in [4.69, 9.17) is 4.74 Å². The van der Waals surface area contributed by atoms with E-state index < -0.39 is 4.92 Å². The molecule has 0 saturated heterocycles. The highest BCUT2D eigenvalue weighted by atomic mass is 16.6. The number of carbonyl (C=O) groups is 1. The number of aromatic amines is 1. The SMILES string of the molecule is CCC(=O)Oc1c[nH]c2c([N+](=O)[O-])cccc12. The molecule has 0 spiro atoms. The van der Waals surface area contributed by atoms with E-state index in [-0.39, 0.29) is 18.1 Å². The van der Waals surface area contributed by atoms with Gasteiger partial charge in [-0.05, 0) is 6.07 Å². The zero-order chi connectivity index (χ0) is 12.4. The predicted molar refractivity (Wildman–Crippen MR) is 60.9 cm³/mol. The second-order valence-corrected chi connectivity index (χ2v) is 3.44. The number of ether oxygens (including phenoxy) is 1. The van der Waals surface area contributed by atoms with E-state index in [0.717, 1.165) is 0 Å². The van der Waals surface area contributed by atoms with Crippen molar-refractivity contribution < 1.29 is 14.5 Å². The lowest BCUT2D eigenvalue weighted by molar-refractivity contribution is -0.383. The average molecular weight is 234 g/mol. The number of nitro groups is 1. The summed E-state index contributed by atoms with van der Waals surface area (Å²) < 4.78 is 5.06. The van der Waals surface area contributed by atoms with E-state index in [1.165, 1.54) is 12.3 Å². The number of fused-ring (bicyclic) bond motifs is 1. The van der Waals surface area contributed by atoms with Crippen LogP contribution in [0, 0.1) is 10.1 Å². The van der Waals surface area contributed by atoms with Crippen LogP contribution in [0.5, 0.6) is 5.75 Å². The van der Waals surface area contributed by atoms with Crippen LogP contribution in [0.1, 0.15) is 13.3 Å². The Balaban J connectivity index is 2.51. The molecule has 1 heterocycles. The number of nitro benzene ring substituents is 1. The third kappa shape index (κ3) is 1.96. The molecule has 0 radical (unpaired) electrons. The lowest BCUT2D eigenvalue weighted by atomic mass is 10.2. The van der Waals surface area contributed by atoms with Gasteiger partial charge in [0, 0.05) is 24.1 Å². The Morgan fingerprint density at radius 3 is 2.94 bits per heavy atom. The Kier molecular flexibility index (Phi) is 2.78. The van der Waals surface area contributed by atoms with Crippen molar-refractivity contribution in [1.82, 2.24) is 4.98 Å². The van der Waals surface area contributed by atoms with Gasteiger partial charge in [-0.2, -0.15) is 0 Å². The highest BCUT2D eigenvalue weighted by Crippen LogP contribution is 2.31. The van der Waals surface area contributed by atoms with Gasteiger partial charge in [0.25, 0.3) is 5.69 Å². The van der Waals surface area contributed by atoms with Crippen molar-refractivity contribution in [3.63, 3.8) is 0 Å². The maximum absolute atomic E-state index is 11.2. The van der Waals surface area contributed by atoms with Crippen molar-refractivity contribution in [1.29, 1.82) is 0 Å². The summed E-state index contributed by atoms with van der Waals surface area (Å²) in [5.74, 6) is -0.0621. The van der Waals surface area contributed by atoms with E-state index in [9.17, 15) is 14.9 Å². The molecule has 1 N–H and O–H groups in total. The topological polar surface area (TPSA) is 85.2 Å². The number of nitrogens with zero attached hydrogens (tertiary/aromatic N) is 1. The number of hydrogen-bond acceptors (Lipinski definition) is 4. The molecule has 0 atom stereocenters. The number of H-pyrrole nitrogens is 1. The third-order valence-electron chi connectivity index (χ3n) is 2.36. The molecule has 17 heavy (non-hydrogen) atoms. The number of hydrogen-bond donors (Lipinski definition) is 1. The first kappa shape index (κ1) is 11.1. The lowest BCUT2D eigenvalue weighted by Crippen LogP contribution is -2.04. The first-order valence-corrected chi connectivity index (χ1v) is 5.08. The monoisotopic (exact) mass is 234 g/mol. The zero-order valence-electron chi connectivity index (χ0n) is 9.10. The van der Waals surface area contributed by atoms with Crippen LogP contribution in [-0.2, 0) is 4.79 Å². The van der Waals surface area contributed by atoms with Crippen molar-refractivity contribution in [2.75, 3.05) is 0 Å². The molecular weight excluding hydrogens is 224 g/mol. The van der Waals surface area contributed by atoms with Crippen molar-refractivity contribution in [2.45, 2.75) is 13.3 Å². The summed E-state index contributed by atoms with van der Waals surface area (Å²) in [6.07, 6.45) is 1.70. The van der Waals surface area contributed by atoms with Gasteiger partial charge in [0.2, 0.25) is 0 Å². The Labute approximate surface area is 96.3 Å². The number of esters is 1. The van der Waals surface area contributed by atoms with Crippen LogP contribution < -0.4 is 4.74 Å². The summed E-state index contributed by atoms with van der Waals surface area (Å²) in [7, 11) is 0. The Morgan fingerprint density at radius 2 is 2.29 bits per heavy atom. The lowest BCUT2D eigenvalue weighted by Gasteiger charge is -1.99. The quantitative estimate of drug-likeness (QED) is 0.502. The number of non-ortho nitro benzene ring substituents is 1. The van der Waals surface area contributed by atoms with E-state index in [1.54, 1.807) is 19.1 Å². The number of para-hydroxylation sites is 1. The van der Waals surface area contributed by atoms with Crippen LogP contribution >= 0.6 is 0 Å². The molecule has 6 heteroatoms. The predicted octanol–water partition coefficient (Wildman–Crippen LogP) is 2.39. The average Bonchev–Trinajstić information content (AvgIpc) is 2.72. The minimum Gasteiger partial charge on any atom is -0.424 e. The molecule has 0 unspecified atom stereocenters. The van der Waals surface area contributed by atoms with Gasteiger partial charge in [0.1, 0.15) is 5.52 Å². The second kappa shape index (κ2) is 4.25. The van der Waals surface area contributed by atoms with Gasteiger partial charge in [0.15, 0.2) is 5.75 Å². The molecule has 0 amide bonds. The minimum atomic E-state index is -0.482. The molecule has 2 aromatic rings. The Hall–Kier alpha value is -2.37. The summed E-state index contributed by atoms with van der Waals surface area (Å²) in [5, 5.41) is 11.3. The zero-order valence-corrected chi connectivity index (χ0v) is 9.10. The molecule has 6 nitrogen and oxygen atoms in total. The standard InChI is InChI=1S/C11H10N2O4/c1-2-10(14)17-9-6-12-11-7(9)4-3-5-8(11)13(15)16/h3-6,12H,2H2,1H3. The number of carbonyl (C=O) groups excluding carboxylic acids is 1. The third-order valence-corrected chi connectivity index (χ3v) is 2.36. The van der Waals surface area contributed by atoms with E-state index in [0.29, 0.717) is 16.7 Å². The molecule has 1 aromatic carbocycles. The van der Waals surface area contributed by atoms with Gasteiger partial charge in [-0.25, -0.2) is 0 Å². The van der Waals surface area contributed by atoms with Crippen LogP contribution in [0.3, 0.4) is 0 Å². The highest BCUT2D eigenvalue weighted by molar-refractivity contribution is 5.94. The van der Waals surface area contributed by atoms with E-state index >= 15 is 0 Å². The molecule has 0 saturated carbocycles. The van der Waals surface area contributed by atoms with Crippen LogP contribution in [0.25, 0.3) is 10.9 Å². The van der Waals surface area contributed by atoms with E-state index in [2.05, 4.69) is 4.98 Å². The first-order valence-electron chi connectivity index (χ1n) is 5.08. The normalized spacial score (nSPS) is 10.4. The second-order valence-electron chi connectivity index (χ2n) is 3.44. The molecule has 0 aliphatic heterocycles. The molecule has 88 valence electrons. The fourth-order valence-electron chi connectivity index (χ4n) is 1.54. The van der Waals surface area contributed by atoms with Gasteiger partial charge >= 0.3 is 5.97 Å². The molecule has 2 rings (SSSR count). The summed E-state index contributed by atoms with van der Waals surface area (Å²) >= 11 is 0. The van der Waals surface area contributed by atoms with Crippen molar-refractivity contribution in [3.8, 4) is 5.75 Å². The minimum absolute atomic E-state index is 0.0405. The summed E-state index contributed by atoms with van der Waals surface area (Å²) in [4.78, 5) is 24.2. The van der Waals surface area contributed by atoms with Gasteiger partial charge < -0.3 is 9.72 Å². The molecule has 0 fully saturated rings. The summed E-state index contributed by atoms with van der Waals surface area (Å²) in [5.41, 5.74) is 0.317. The largest absolute Gasteiger partial charge is 0.424 e. The van der Waals surface area contributed by atoms with Crippen molar-refractivity contribution >= 4 is 22.6 Å². The van der Waals surface area contributed by atoms with E-state index in [1.807, 2.05) is 0 Å². The van der Waals surface area contributed by atoms with Crippen molar-refractivity contribution in [2.24, 2.45) is 0 Å². The molecule has 0 bridgehead atoms. The van der Waals surface area contributed by atoms with Crippen LogP contribution in [0.15, 0.2) is 24.4 Å². The fourth-order valence-corrected chi connectivity index (χ4v) is 1.54. The van der Waals surface area contributed by atoms with Gasteiger partial charge in [0.05, 0.1) is 4.92 Å². The van der Waals surface area contributed by atoms with Gasteiger partial charge in [-0.3, -0.25) is 14.9 Å². The number of benzene rings is 1. The molecular formula is C11H10N2O4. The van der Waals surface area contributed by atoms with Crippen molar-refractivity contribution in [3.05, 3.63) is 34.5 Å². The number of aromatic nitrogens is 1. The number of nitrogens with one attached hydrogen (secondary N) is 1. The fraction of sp³-hybridized carbons (Fsp3) is 0.182. The van der Waals surface area contributed by atoms with Gasteiger partial charge in [-0.1, -0.05) is 13.0 Å². The Morgan fingerprint density at radius 1 is 1.53 bits per heavy atom. The Bertz CT molecular complexity index is 588. The van der Waals surface area contributed by atoms with Crippen LogP contribution in [-0.4, -0.2) is 15.9 Å². The van der Waals surface area contributed by atoms with Crippen LogP contribution in [0.2, 0.25) is 0 Å². The molecule has 1 aromatic heterocycles. The van der Waals surface area contributed by atoms with Crippen LogP contribution in [0.4, 0.5) is 5.69 Å². The molecule has 0 aliphatic rings.